The number of hydrogen-bond acceptors (Lipinski definition) is 3. The molecule has 0 amide bonds. The molecule has 0 bridgehead atoms. The maximum Gasteiger partial charge on any atom is 0.150 e. The number of ether oxygens (including phenoxy) is 1. The second-order valence-corrected chi connectivity index (χ2v) is 5.53. The van der Waals surface area contributed by atoms with Crippen LogP contribution in [0.1, 0.15) is 42.6 Å². The second kappa shape index (κ2) is 5.11. The minimum Gasteiger partial charge on any atom is -0.496 e. The average Bonchev–Trinajstić information content (AvgIpc) is 2.68. The molecule has 1 aliphatic rings. The monoisotopic (exact) mass is 247 g/mol. The summed E-state index contributed by atoms with van der Waals surface area (Å²) >= 11 is 0. The smallest absolute Gasteiger partial charge is 0.150 e. The highest BCUT2D eigenvalue weighted by Crippen LogP contribution is 2.31. The molecule has 0 saturated carbocycles. The number of likely N-dealkylation sites (tertiary alicyclic amines) is 1. The van der Waals surface area contributed by atoms with Crippen LogP contribution in [0.25, 0.3) is 0 Å². The van der Waals surface area contributed by atoms with Gasteiger partial charge in [-0.15, -0.1) is 0 Å². The number of carbonyl (C=O) groups excluding carboxylic acids is 1. The summed E-state index contributed by atoms with van der Waals surface area (Å²) in [5.41, 5.74) is 2.04. The molecule has 0 unspecified atom stereocenters. The molecule has 0 radical (unpaired) electrons. The van der Waals surface area contributed by atoms with E-state index < -0.39 is 0 Å². The van der Waals surface area contributed by atoms with Crippen LogP contribution in [-0.4, -0.2) is 30.4 Å². The van der Waals surface area contributed by atoms with E-state index in [9.17, 15) is 4.79 Å². The Morgan fingerprint density at radius 1 is 1.44 bits per heavy atom. The third kappa shape index (κ3) is 2.56. The summed E-state index contributed by atoms with van der Waals surface area (Å²) in [7, 11) is 1.68. The first-order valence-corrected chi connectivity index (χ1v) is 6.44. The molecule has 0 aliphatic carbocycles. The van der Waals surface area contributed by atoms with Crippen LogP contribution in [0, 0.1) is 0 Å². The van der Waals surface area contributed by atoms with Crippen molar-refractivity contribution in [2.75, 3.05) is 13.7 Å². The van der Waals surface area contributed by atoms with Gasteiger partial charge in [-0.05, 0) is 51.4 Å². The van der Waals surface area contributed by atoms with E-state index in [2.05, 4.69) is 18.7 Å². The highest BCUT2D eigenvalue weighted by atomic mass is 16.5. The Morgan fingerprint density at radius 2 is 2.22 bits per heavy atom. The lowest BCUT2D eigenvalue weighted by molar-refractivity contribution is 0.112. The molecule has 1 fully saturated rings. The SMILES string of the molecule is COc1ccc(C=O)cc1CN1CCCC1(C)C. The molecular formula is C15H21NO2. The maximum atomic E-state index is 10.9. The topological polar surface area (TPSA) is 29.5 Å². The first-order chi connectivity index (χ1) is 8.56. The zero-order chi connectivity index (χ0) is 13.2. The van der Waals surface area contributed by atoms with E-state index in [1.54, 1.807) is 13.2 Å². The molecule has 2 rings (SSSR count). The Labute approximate surface area is 109 Å². The normalized spacial score (nSPS) is 18.8. The maximum absolute atomic E-state index is 10.9. The molecule has 1 heterocycles. The van der Waals surface area contributed by atoms with Gasteiger partial charge < -0.3 is 4.74 Å². The molecule has 0 aromatic heterocycles. The van der Waals surface area contributed by atoms with E-state index in [-0.39, 0.29) is 5.54 Å². The molecule has 18 heavy (non-hydrogen) atoms. The molecule has 1 saturated heterocycles. The van der Waals surface area contributed by atoms with Gasteiger partial charge >= 0.3 is 0 Å². The van der Waals surface area contributed by atoms with Gasteiger partial charge in [-0.25, -0.2) is 0 Å². The third-order valence-electron chi connectivity index (χ3n) is 3.87. The molecule has 98 valence electrons. The van der Waals surface area contributed by atoms with Crippen LogP contribution in [0.15, 0.2) is 18.2 Å². The fraction of sp³-hybridized carbons (Fsp3) is 0.533. The summed E-state index contributed by atoms with van der Waals surface area (Å²) < 4.78 is 5.38. The van der Waals surface area contributed by atoms with Gasteiger partial charge in [-0.2, -0.15) is 0 Å². The number of rotatable bonds is 4. The van der Waals surface area contributed by atoms with Crippen molar-refractivity contribution in [2.45, 2.75) is 38.8 Å². The summed E-state index contributed by atoms with van der Waals surface area (Å²) in [5, 5.41) is 0. The number of hydrogen-bond donors (Lipinski definition) is 0. The average molecular weight is 247 g/mol. The molecular weight excluding hydrogens is 226 g/mol. The van der Waals surface area contributed by atoms with Crippen molar-refractivity contribution in [2.24, 2.45) is 0 Å². The van der Waals surface area contributed by atoms with Crippen molar-refractivity contribution >= 4 is 6.29 Å². The van der Waals surface area contributed by atoms with E-state index in [0.29, 0.717) is 5.56 Å². The largest absolute Gasteiger partial charge is 0.496 e. The zero-order valence-corrected chi connectivity index (χ0v) is 11.4. The van der Waals surface area contributed by atoms with Crippen LogP contribution < -0.4 is 4.74 Å². The third-order valence-corrected chi connectivity index (χ3v) is 3.87. The Balaban J connectivity index is 2.24. The van der Waals surface area contributed by atoms with E-state index >= 15 is 0 Å². The lowest BCUT2D eigenvalue weighted by Gasteiger charge is -2.32. The van der Waals surface area contributed by atoms with Crippen molar-refractivity contribution in [1.29, 1.82) is 0 Å². The number of carbonyl (C=O) groups is 1. The predicted molar refractivity (Wildman–Crippen MR) is 72.1 cm³/mol. The molecule has 3 nitrogen and oxygen atoms in total. The van der Waals surface area contributed by atoms with Crippen LogP contribution in [0.5, 0.6) is 5.75 Å². The Bertz CT molecular complexity index is 440. The molecule has 1 aromatic rings. The van der Waals surface area contributed by atoms with Crippen molar-refractivity contribution in [3.63, 3.8) is 0 Å². The van der Waals surface area contributed by atoms with E-state index in [4.69, 9.17) is 4.74 Å². The lowest BCUT2D eigenvalue weighted by Crippen LogP contribution is -2.37. The molecule has 0 spiro atoms. The first kappa shape index (κ1) is 13.1. The van der Waals surface area contributed by atoms with Gasteiger partial charge in [0, 0.05) is 23.2 Å². The Morgan fingerprint density at radius 3 is 2.78 bits per heavy atom. The van der Waals surface area contributed by atoms with Crippen molar-refractivity contribution in [1.82, 2.24) is 4.90 Å². The molecule has 0 atom stereocenters. The van der Waals surface area contributed by atoms with Crippen LogP contribution in [0.2, 0.25) is 0 Å². The minimum atomic E-state index is 0.238. The number of benzene rings is 1. The van der Waals surface area contributed by atoms with Crippen LogP contribution in [-0.2, 0) is 6.54 Å². The summed E-state index contributed by atoms with van der Waals surface area (Å²) in [6.07, 6.45) is 3.35. The summed E-state index contributed by atoms with van der Waals surface area (Å²) in [6.45, 7) is 6.51. The first-order valence-electron chi connectivity index (χ1n) is 6.44. The van der Waals surface area contributed by atoms with E-state index in [0.717, 1.165) is 30.7 Å². The van der Waals surface area contributed by atoms with Gasteiger partial charge in [-0.3, -0.25) is 9.69 Å². The predicted octanol–water partition coefficient (Wildman–Crippen LogP) is 2.88. The highest BCUT2D eigenvalue weighted by Gasteiger charge is 2.32. The van der Waals surface area contributed by atoms with Crippen LogP contribution in [0.4, 0.5) is 0 Å². The lowest BCUT2D eigenvalue weighted by atomic mass is 10.0. The Kier molecular flexibility index (Phi) is 3.71. The number of aldehydes is 1. The number of nitrogens with zero attached hydrogens (tertiary/aromatic N) is 1. The van der Waals surface area contributed by atoms with E-state index in [1.165, 1.54) is 12.8 Å². The van der Waals surface area contributed by atoms with Crippen LogP contribution in [0.3, 0.4) is 0 Å². The van der Waals surface area contributed by atoms with Crippen LogP contribution >= 0.6 is 0 Å². The number of methoxy groups -OCH3 is 1. The zero-order valence-electron chi connectivity index (χ0n) is 11.4. The van der Waals surface area contributed by atoms with Gasteiger partial charge in [0.05, 0.1) is 7.11 Å². The van der Waals surface area contributed by atoms with Gasteiger partial charge in [0.1, 0.15) is 12.0 Å². The molecule has 1 aromatic carbocycles. The molecule has 3 heteroatoms. The standard InChI is InChI=1S/C15H21NO2/c1-15(2)7-4-8-16(15)10-13-9-12(11-17)5-6-14(13)18-3/h5-6,9,11H,4,7-8,10H2,1-3H3. The van der Waals surface area contributed by atoms with E-state index in [1.807, 2.05) is 12.1 Å². The fourth-order valence-corrected chi connectivity index (χ4v) is 2.66. The van der Waals surface area contributed by atoms with Crippen molar-refractivity contribution in [3.05, 3.63) is 29.3 Å². The summed E-state index contributed by atoms with van der Waals surface area (Å²) in [4.78, 5) is 13.3. The molecule has 1 aliphatic heterocycles. The Hall–Kier alpha value is -1.35. The van der Waals surface area contributed by atoms with Gasteiger partial charge in [0.25, 0.3) is 0 Å². The molecule has 0 N–H and O–H groups in total. The summed E-state index contributed by atoms with van der Waals surface area (Å²) in [5.74, 6) is 0.864. The quantitative estimate of drug-likeness (QED) is 0.766. The van der Waals surface area contributed by atoms with Gasteiger partial charge in [-0.1, -0.05) is 0 Å². The second-order valence-electron chi connectivity index (χ2n) is 5.53. The van der Waals surface area contributed by atoms with Gasteiger partial charge in [0.2, 0.25) is 0 Å². The minimum absolute atomic E-state index is 0.238. The highest BCUT2D eigenvalue weighted by molar-refractivity contribution is 5.75. The van der Waals surface area contributed by atoms with Gasteiger partial charge in [0.15, 0.2) is 0 Å². The van der Waals surface area contributed by atoms with Crippen molar-refractivity contribution < 1.29 is 9.53 Å². The van der Waals surface area contributed by atoms with Crippen molar-refractivity contribution in [3.8, 4) is 5.75 Å². The fourth-order valence-electron chi connectivity index (χ4n) is 2.66. The summed E-state index contributed by atoms with van der Waals surface area (Å²) in [6, 6.07) is 5.60.